The minimum absolute atomic E-state index is 0.164. The third-order valence-corrected chi connectivity index (χ3v) is 6.16. The zero-order chi connectivity index (χ0) is 21.9. The van der Waals surface area contributed by atoms with Gasteiger partial charge in [-0.05, 0) is 29.9 Å². The molecule has 0 radical (unpaired) electrons. The molecule has 1 amide bonds. The summed E-state index contributed by atoms with van der Waals surface area (Å²) in [6, 6.07) is 33.1. The number of nitrogens with one attached hydrogen (secondary N) is 1. The highest BCUT2D eigenvalue weighted by Crippen LogP contribution is 2.32. The van der Waals surface area contributed by atoms with Gasteiger partial charge >= 0.3 is 0 Å². The Morgan fingerprint density at radius 2 is 1.41 bits per heavy atom. The summed E-state index contributed by atoms with van der Waals surface area (Å²) in [4.78, 5) is 13.0. The van der Waals surface area contributed by atoms with Gasteiger partial charge in [0.1, 0.15) is 5.58 Å². The molecule has 0 unspecified atom stereocenters. The summed E-state index contributed by atoms with van der Waals surface area (Å²) in [5.74, 6) is 0.452. The average Bonchev–Trinajstić information content (AvgIpc) is 3.20. The molecule has 0 fully saturated rings. The van der Waals surface area contributed by atoms with Crippen LogP contribution < -0.4 is 5.32 Å². The van der Waals surface area contributed by atoms with Crippen molar-refractivity contribution in [2.45, 2.75) is 19.3 Å². The second kappa shape index (κ2) is 8.72. The molecular formula is C29H25NO2. The standard InChI is InChI=1S/C29H25NO2/c1-20-24-17-16-23-14-8-9-15-26(23)28(24)32-27(20)29(31)30-19-18-25(21-10-4-2-5-11-21)22-12-6-3-7-13-22/h2-17,25H,18-19H2,1H3,(H,30,31). The third kappa shape index (κ3) is 3.78. The molecule has 0 atom stereocenters. The van der Waals surface area contributed by atoms with E-state index in [0.29, 0.717) is 12.3 Å². The number of furan rings is 1. The Labute approximate surface area is 187 Å². The lowest BCUT2D eigenvalue weighted by molar-refractivity contribution is 0.0926. The summed E-state index contributed by atoms with van der Waals surface area (Å²) in [5.41, 5.74) is 4.15. The van der Waals surface area contributed by atoms with E-state index in [1.165, 1.54) is 11.1 Å². The van der Waals surface area contributed by atoms with Gasteiger partial charge in [-0.3, -0.25) is 4.79 Å². The maximum Gasteiger partial charge on any atom is 0.287 e. The van der Waals surface area contributed by atoms with Gasteiger partial charge in [0, 0.05) is 28.8 Å². The van der Waals surface area contributed by atoms with Crippen LogP contribution in [-0.4, -0.2) is 12.5 Å². The van der Waals surface area contributed by atoms with Crippen LogP contribution in [-0.2, 0) is 0 Å². The van der Waals surface area contributed by atoms with Gasteiger partial charge < -0.3 is 9.73 Å². The summed E-state index contributed by atoms with van der Waals surface area (Å²) in [5, 5.41) is 6.21. The Kier molecular flexibility index (Phi) is 5.47. The summed E-state index contributed by atoms with van der Waals surface area (Å²) >= 11 is 0. The number of aryl methyl sites for hydroxylation is 1. The topological polar surface area (TPSA) is 42.2 Å². The van der Waals surface area contributed by atoms with Crippen LogP contribution >= 0.6 is 0 Å². The Morgan fingerprint density at radius 1 is 0.781 bits per heavy atom. The fraction of sp³-hybridized carbons (Fsp3) is 0.138. The smallest absolute Gasteiger partial charge is 0.287 e. The van der Waals surface area contributed by atoms with Crippen LogP contribution in [0.1, 0.15) is 39.6 Å². The minimum atomic E-state index is -0.164. The summed E-state index contributed by atoms with van der Waals surface area (Å²) in [6.45, 7) is 2.51. The molecule has 5 aromatic rings. The van der Waals surface area contributed by atoms with E-state index in [9.17, 15) is 4.79 Å². The number of rotatable bonds is 6. The highest BCUT2D eigenvalue weighted by molar-refractivity contribution is 6.08. The Balaban J connectivity index is 1.36. The SMILES string of the molecule is Cc1c(C(=O)NCCC(c2ccccc2)c2ccccc2)oc2c1ccc1ccccc12. The lowest BCUT2D eigenvalue weighted by Crippen LogP contribution is -2.26. The third-order valence-electron chi connectivity index (χ3n) is 6.16. The van der Waals surface area contributed by atoms with Crippen molar-refractivity contribution < 1.29 is 9.21 Å². The summed E-state index contributed by atoms with van der Waals surface area (Å²) in [7, 11) is 0. The highest BCUT2D eigenvalue weighted by atomic mass is 16.3. The minimum Gasteiger partial charge on any atom is -0.450 e. The molecule has 1 N–H and O–H groups in total. The van der Waals surface area contributed by atoms with Crippen molar-refractivity contribution in [1.29, 1.82) is 0 Å². The van der Waals surface area contributed by atoms with E-state index >= 15 is 0 Å². The molecule has 4 aromatic carbocycles. The number of carbonyl (C=O) groups excluding carboxylic acids is 1. The zero-order valence-corrected chi connectivity index (χ0v) is 18.0. The first-order chi connectivity index (χ1) is 15.7. The molecule has 158 valence electrons. The van der Waals surface area contributed by atoms with Crippen molar-refractivity contribution >= 4 is 27.6 Å². The lowest BCUT2D eigenvalue weighted by atomic mass is 9.88. The van der Waals surface area contributed by atoms with Crippen molar-refractivity contribution in [2.24, 2.45) is 0 Å². The summed E-state index contributed by atoms with van der Waals surface area (Å²) < 4.78 is 6.09. The first-order valence-corrected chi connectivity index (χ1v) is 11.0. The van der Waals surface area contributed by atoms with E-state index in [4.69, 9.17) is 4.42 Å². The molecule has 32 heavy (non-hydrogen) atoms. The van der Waals surface area contributed by atoms with Crippen molar-refractivity contribution in [3.05, 3.63) is 120 Å². The molecule has 0 spiro atoms. The van der Waals surface area contributed by atoms with Crippen molar-refractivity contribution in [3.63, 3.8) is 0 Å². The van der Waals surface area contributed by atoms with Gasteiger partial charge in [0.05, 0.1) is 0 Å². The number of amides is 1. The van der Waals surface area contributed by atoms with Crippen LogP contribution in [0.15, 0.2) is 101 Å². The molecule has 1 heterocycles. The number of fused-ring (bicyclic) bond motifs is 3. The Hall–Kier alpha value is -3.85. The van der Waals surface area contributed by atoms with Gasteiger partial charge in [-0.2, -0.15) is 0 Å². The van der Waals surface area contributed by atoms with E-state index in [1.807, 2.05) is 43.3 Å². The fourth-order valence-corrected chi connectivity index (χ4v) is 4.47. The molecule has 0 saturated carbocycles. The second-order valence-electron chi connectivity index (χ2n) is 8.14. The molecule has 1 aromatic heterocycles. The van der Waals surface area contributed by atoms with E-state index in [0.717, 1.165) is 33.7 Å². The Morgan fingerprint density at radius 3 is 2.09 bits per heavy atom. The van der Waals surface area contributed by atoms with Gasteiger partial charge in [-0.1, -0.05) is 97.1 Å². The van der Waals surface area contributed by atoms with Crippen LogP contribution in [0.3, 0.4) is 0 Å². The van der Waals surface area contributed by atoms with Crippen molar-refractivity contribution in [3.8, 4) is 0 Å². The number of hydrogen-bond donors (Lipinski definition) is 1. The Bertz CT molecular complexity index is 1330. The number of hydrogen-bond acceptors (Lipinski definition) is 2. The second-order valence-corrected chi connectivity index (χ2v) is 8.14. The maximum atomic E-state index is 13.0. The maximum absolute atomic E-state index is 13.0. The molecule has 0 aliphatic rings. The molecule has 0 aliphatic carbocycles. The van der Waals surface area contributed by atoms with Crippen molar-refractivity contribution in [1.82, 2.24) is 5.32 Å². The first-order valence-electron chi connectivity index (χ1n) is 11.0. The number of carbonyl (C=O) groups is 1. The predicted octanol–water partition coefficient (Wildman–Crippen LogP) is 6.85. The van der Waals surface area contributed by atoms with E-state index in [-0.39, 0.29) is 11.8 Å². The number of benzene rings is 4. The van der Waals surface area contributed by atoms with Crippen LogP contribution in [0.5, 0.6) is 0 Å². The first kappa shape index (κ1) is 20.1. The van der Waals surface area contributed by atoms with Crippen LogP contribution in [0, 0.1) is 6.92 Å². The van der Waals surface area contributed by atoms with E-state index in [1.54, 1.807) is 0 Å². The van der Waals surface area contributed by atoms with Gasteiger partial charge in [-0.15, -0.1) is 0 Å². The molecule has 5 rings (SSSR count). The molecule has 0 bridgehead atoms. The lowest BCUT2D eigenvalue weighted by Gasteiger charge is -2.18. The molecule has 0 saturated heterocycles. The molecule has 3 nitrogen and oxygen atoms in total. The fourth-order valence-electron chi connectivity index (χ4n) is 4.47. The quantitative estimate of drug-likeness (QED) is 0.327. The largest absolute Gasteiger partial charge is 0.450 e. The van der Waals surface area contributed by atoms with Gasteiger partial charge in [0.25, 0.3) is 5.91 Å². The van der Waals surface area contributed by atoms with Gasteiger partial charge in [0.2, 0.25) is 0 Å². The van der Waals surface area contributed by atoms with Crippen LogP contribution in [0.25, 0.3) is 21.7 Å². The zero-order valence-electron chi connectivity index (χ0n) is 18.0. The van der Waals surface area contributed by atoms with Gasteiger partial charge in [-0.25, -0.2) is 0 Å². The molecular weight excluding hydrogens is 394 g/mol. The monoisotopic (exact) mass is 419 g/mol. The summed E-state index contributed by atoms with van der Waals surface area (Å²) in [6.07, 6.45) is 0.808. The van der Waals surface area contributed by atoms with E-state index in [2.05, 4.69) is 66.0 Å². The van der Waals surface area contributed by atoms with Crippen LogP contribution in [0.4, 0.5) is 0 Å². The van der Waals surface area contributed by atoms with Crippen LogP contribution in [0.2, 0.25) is 0 Å². The molecule has 0 aliphatic heterocycles. The van der Waals surface area contributed by atoms with E-state index < -0.39 is 0 Å². The molecule has 3 heteroatoms. The normalized spacial score (nSPS) is 11.3. The average molecular weight is 420 g/mol. The van der Waals surface area contributed by atoms with Crippen molar-refractivity contribution in [2.75, 3.05) is 6.54 Å². The highest BCUT2D eigenvalue weighted by Gasteiger charge is 2.20. The predicted molar refractivity (Wildman–Crippen MR) is 130 cm³/mol. The van der Waals surface area contributed by atoms with Gasteiger partial charge in [0.15, 0.2) is 5.76 Å².